The summed E-state index contributed by atoms with van der Waals surface area (Å²) in [5.41, 5.74) is 3.70. The lowest BCUT2D eigenvalue weighted by Crippen LogP contribution is -2.23. The predicted molar refractivity (Wildman–Crippen MR) is 142 cm³/mol. The lowest BCUT2D eigenvalue weighted by molar-refractivity contribution is 0.0412. The van der Waals surface area contributed by atoms with Crippen LogP contribution in [0.25, 0.3) is 11.5 Å². The molecule has 11 N–H and O–H groups in total. The smallest absolute Gasteiger partial charge is 0.295 e. The first-order valence-corrected chi connectivity index (χ1v) is 11.4. The summed E-state index contributed by atoms with van der Waals surface area (Å²) in [5.74, 6) is -3.65. The van der Waals surface area contributed by atoms with Crippen LogP contribution in [0.1, 0.15) is 29.6 Å². The molecule has 4 aromatic rings. The van der Waals surface area contributed by atoms with Gasteiger partial charge in [0.25, 0.3) is 17.0 Å². The SMILES string of the molecule is CNc1cc(Nc2cccn(-c3[nH]c(=O)c(O)c(O)c3O)c2=O)nc2c(C(N)=O)cnn12.COC1CCC1.N. The van der Waals surface area contributed by atoms with E-state index in [1.165, 1.54) is 54.4 Å². The Morgan fingerprint density at radius 2 is 1.92 bits per heavy atom. The van der Waals surface area contributed by atoms with Gasteiger partial charge in [0.05, 0.1) is 12.3 Å². The quantitative estimate of drug-likeness (QED) is 0.169. The van der Waals surface area contributed by atoms with Crippen molar-refractivity contribution in [3.8, 4) is 23.1 Å². The van der Waals surface area contributed by atoms with Crippen molar-refractivity contribution in [3.63, 3.8) is 0 Å². The van der Waals surface area contributed by atoms with E-state index < -0.39 is 40.1 Å². The Bertz CT molecular complexity index is 1620. The van der Waals surface area contributed by atoms with Crippen LogP contribution in [-0.2, 0) is 4.74 Å². The lowest BCUT2D eigenvalue weighted by atomic mass is 9.96. The lowest BCUT2D eigenvalue weighted by Gasteiger charge is -2.22. The topological polar surface area (TPSA) is 257 Å². The van der Waals surface area contributed by atoms with Crippen LogP contribution in [0, 0.1) is 0 Å². The normalized spacial score (nSPS) is 12.6. The molecule has 1 aliphatic rings. The number of carbonyl (C=O) groups excluding carboxylic acids is 1. The maximum Gasteiger partial charge on any atom is 0.295 e. The minimum absolute atomic E-state index is 0. The van der Waals surface area contributed by atoms with E-state index in [4.69, 9.17) is 10.5 Å². The van der Waals surface area contributed by atoms with E-state index >= 15 is 0 Å². The van der Waals surface area contributed by atoms with Crippen molar-refractivity contribution < 1.29 is 24.9 Å². The molecule has 0 bridgehead atoms. The number of ether oxygens (including phenoxy) is 1. The molecule has 1 amide bonds. The molecule has 16 nitrogen and oxygen atoms in total. The van der Waals surface area contributed by atoms with E-state index in [-0.39, 0.29) is 28.9 Å². The number of carbonyl (C=O) groups is 1. The fraction of sp³-hybridized carbons (Fsp3) is 0.261. The zero-order chi connectivity index (χ0) is 27.6. The number of aromatic hydroxyl groups is 3. The standard InChI is InChI=1S/C18H16N8O6.C5H10O.H3N/c1-20-10-5-9(23-15-7(14(19)30)6-21-26(10)15)22-8-3-2-4-25(18(8)32)16-12(28)11(27)13(29)17(31)24-16;1-6-5-3-2-4-5;/h2-6,20,28-29H,1H3,(H2,19,30)(H,22,23)(H2,24,27,31);5H,2-4H2,1H3;1H3. The number of rotatable bonds is 6. The molecule has 0 aromatic carbocycles. The molecule has 1 aliphatic carbocycles. The Balaban J connectivity index is 0.000000531. The largest absolute Gasteiger partial charge is 0.502 e. The minimum atomic E-state index is -1.11. The molecular formula is C23H29N9O7. The van der Waals surface area contributed by atoms with Crippen LogP contribution < -0.4 is 33.6 Å². The average Bonchev–Trinajstić information content (AvgIpc) is 3.30. The van der Waals surface area contributed by atoms with Crippen molar-refractivity contribution in [3.05, 3.63) is 56.9 Å². The van der Waals surface area contributed by atoms with Crippen LogP contribution in [0.15, 0.2) is 40.2 Å². The maximum atomic E-state index is 13.0. The molecular weight excluding hydrogens is 514 g/mol. The molecule has 0 aliphatic heterocycles. The number of fused-ring (bicyclic) bond motifs is 1. The van der Waals surface area contributed by atoms with Gasteiger partial charge in [0.15, 0.2) is 11.5 Å². The number of hydrogen-bond donors (Lipinski definition) is 8. The predicted octanol–water partition coefficient (Wildman–Crippen LogP) is 0.917. The van der Waals surface area contributed by atoms with E-state index in [1.54, 1.807) is 14.2 Å². The minimum Gasteiger partial charge on any atom is -0.502 e. The van der Waals surface area contributed by atoms with E-state index in [0.717, 1.165) is 4.57 Å². The van der Waals surface area contributed by atoms with E-state index in [1.807, 2.05) is 0 Å². The van der Waals surface area contributed by atoms with Crippen LogP contribution in [0.4, 0.5) is 17.3 Å². The molecule has 208 valence electrons. The van der Waals surface area contributed by atoms with Gasteiger partial charge in [0, 0.05) is 26.4 Å². The van der Waals surface area contributed by atoms with Crippen molar-refractivity contribution in [1.82, 2.24) is 30.3 Å². The number of amides is 1. The summed E-state index contributed by atoms with van der Waals surface area (Å²) < 4.78 is 7.19. The number of primary amides is 1. The van der Waals surface area contributed by atoms with Crippen molar-refractivity contribution in [1.29, 1.82) is 0 Å². The highest BCUT2D eigenvalue weighted by molar-refractivity contribution is 5.99. The summed E-state index contributed by atoms with van der Waals surface area (Å²) in [5, 5.41) is 39.0. The second kappa shape index (κ2) is 11.5. The highest BCUT2D eigenvalue weighted by Gasteiger charge is 2.20. The molecule has 4 aromatic heterocycles. The van der Waals surface area contributed by atoms with Gasteiger partial charge in [-0.25, -0.2) is 4.98 Å². The number of aromatic amines is 1. The second-order valence-corrected chi connectivity index (χ2v) is 8.29. The fourth-order valence-corrected chi connectivity index (χ4v) is 3.62. The van der Waals surface area contributed by atoms with Crippen molar-refractivity contribution in [2.45, 2.75) is 25.4 Å². The summed E-state index contributed by atoms with van der Waals surface area (Å²) in [4.78, 5) is 42.8. The molecule has 0 unspecified atom stereocenters. The van der Waals surface area contributed by atoms with Gasteiger partial charge in [0.1, 0.15) is 22.9 Å². The van der Waals surface area contributed by atoms with Gasteiger partial charge in [-0.1, -0.05) is 0 Å². The highest BCUT2D eigenvalue weighted by atomic mass is 16.5. The van der Waals surface area contributed by atoms with Gasteiger partial charge in [-0.3, -0.25) is 19.0 Å². The molecule has 4 heterocycles. The van der Waals surface area contributed by atoms with Crippen LogP contribution >= 0.6 is 0 Å². The van der Waals surface area contributed by atoms with Gasteiger partial charge < -0.3 is 47.6 Å². The molecule has 5 rings (SSSR count). The number of aromatic nitrogens is 5. The summed E-state index contributed by atoms with van der Waals surface area (Å²) in [7, 11) is 3.40. The zero-order valence-electron chi connectivity index (χ0n) is 21.1. The second-order valence-electron chi connectivity index (χ2n) is 8.29. The number of pyridine rings is 2. The van der Waals surface area contributed by atoms with Crippen molar-refractivity contribution in [2.75, 3.05) is 24.8 Å². The first-order valence-electron chi connectivity index (χ1n) is 11.4. The van der Waals surface area contributed by atoms with Crippen molar-refractivity contribution in [2.24, 2.45) is 5.73 Å². The average molecular weight is 544 g/mol. The number of methoxy groups -OCH3 is 1. The monoisotopic (exact) mass is 543 g/mol. The fourth-order valence-electron chi connectivity index (χ4n) is 3.62. The Morgan fingerprint density at radius 1 is 1.21 bits per heavy atom. The maximum absolute atomic E-state index is 13.0. The third-order valence-electron chi connectivity index (χ3n) is 5.95. The molecule has 0 spiro atoms. The summed E-state index contributed by atoms with van der Waals surface area (Å²) in [6, 6.07) is 4.36. The van der Waals surface area contributed by atoms with Gasteiger partial charge in [0.2, 0.25) is 17.2 Å². The molecule has 0 atom stereocenters. The number of nitrogens with one attached hydrogen (secondary N) is 3. The van der Waals surface area contributed by atoms with Gasteiger partial charge in [-0.2, -0.15) is 9.61 Å². The molecule has 39 heavy (non-hydrogen) atoms. The first-order chi connectivity index (χ1) is 18.2. The number of nitrogens with two attached hydrogens (primary N) is 1. The molecule has 1 fully saturated rings. The van der Waals surface area contributed by atoms with Crippen molar-refractivity contribution >= 4 is 28.9 Å². The van der Waals surface area contributed by atoms with E-state index in [9.17, 15) is 29.7 Å². The van der Waals surface area contributed by atoms with Gasteiger partial charge >= 0.3 is 0 Å². The van der Waals surface area contributed by atoms with Crippen LogP contribution in [-0.4, -0.2) is 65.6 Å². The Hall–Kier alpha value is -5.09. The molecule has 0 radical (unpaired) electrons. The number of hydrogen-bond acceptors (Lipinski definition) is 12. The molecule has 1 saturated carbocycles. The number of anilines is 3. The van der Waals surface area contributed by atoms with Gasteiger partial charge in [-0.15, -0.1) is 0 Å². The van der Waals surface area contributed by atoms with E-state index in [0.29, 0.717) is 11.9 Å². The highest BCUT2D eigenvalue weighted by Crippen LogP contribution is 2.34. The molecule has 16 heteroatoms. The summed E-state index contributed by atoms with van der Waals surface area (Å²) in [6.07, 6.45) is 7.06. The Kier molecular flexibility index (Phi) is 8.42. The summed E-state index contributed by atoms with van der Waals surface area (Å²) >= 11 is 0. The zero-order valence-corrected chi connectivity index (χ0v) is 21.1. The molecule has 0 saturated heterocycles. The summed E-state index contributed by atoms with van der Waals surface area (Å²) in [6.45, 7) is 0. The Labute approximate surface area is 220 Å². The Morgan fingerprint density at radius 3 is 2.49 bits per heavy atom. The van der Waals surface area contributed by atoms with Crippen LogP contribution in [0.5, 0.6) is 17.2 Å². The first kappa shape index (κ1) is 28.5. The third-order valence-corrected chi connectivity index (χ3v) is 5.95. The van der Waals surface area contributed by atoms with Gasteiger partial charge in [-0.05, 0) is 31.4 Å². The third kappa shape index (κ3) is 5.46. The van der Waals surface area contributed by atoms with Crippen LogP contribution in [0.3, 0.4) is 0 Å². The van der Waals surface area contributed by atoms with E-state index in [2.05, 4.69) is 25.7 Å². The number of H-pyrrole nitrogens is 1. The number of nitrogens with zero attached hydrogens (tertiary/aromatic N) is 4. The van der Waals surface area contributed by atoms with Crippen LogP contribution in [0.2, 0.25) is 0 Å².